The summed E-state index contributed by atoms with van der Waals surface area (Å²) in [5.41, 5.74) is 10.5. The first-order chi connectivity index (χ1) is 13.8. The number of hydroxylamine groups is 1. The standard InChI is InChI=1S/C21H24ClN3O3S/c1-13(2)11-28-24-20(26)15-5-8-19-18(9-15)25(21(27)17(23)12-29-19)10-14-3-6-16(22)7-4-14/h3-9,13,17H,10-12,23H2,1-2H3,(H,24,26)/t17-/m0/s1. The number of thioether (sulfide) groups is 1. The van der Waals surface area contributed by atoms with E-state index in [1.807, 2.05) is 32.0 Å². The van der Waals surface area contributed by atoms with E-state index in [2.05, 4.69) is 5.48 Å². The molecular formula is C21H24ClN3O3S. The fourth-order valence-corrected chi connectivity index (χ4v) is 3.94. The van der Waals surface area contributed by atoms with Gasteiger partial charge in [0.1, 0.15) is 0 Å². The first kappa shape index (κ1) is 21.6. The SMILES string of the molecule is CC(C)CONC(=O)c1ccc2c(c1)N(Cc1ccc(Cl)cc1)C(=O)[C@@H](N)CS2. The number of amides is 2. The zero-order valence-corrected chi connectivity index (χ0v) is 17.9. The summed E-state index contributed by atoms with van der Waals surface area (Å²) < 4.78 is 0. The lowest BCUT2D eigenvalue weighted by Crippen LogP contribution is -2.44. The van der Waals surface area contributed by atoms with Gasteiger partial charge in [0.2, 0.25) is 5.91 Å². The van der Waals surface area contributed by atoms with Crippen molar-refractivity contribution in [1.29, 1.82) is 0 Å². The van der Waals surface area contributed by atoms with E-state index in [-0.39, 0.29) is 11.8 Å². The highest BCUT2D eigenvalue weighted by Gasteiger charge is 2.29. The number of hydrogen-bond donors (Lipinski definition) is 2. The Morgan fingerprint density at radius 2 is 2.03 bits per heavy atom. The summed E-state index contributed by atoms with van der Waals surface area (Å²) in [5.74, 6) is 0.241. The van der Waals surface area contributed by atoms with Crippen molar-refractivity contribution < 1.29 is 14.4 Å². The highest BCUT2D eigenvalue weighted by atomic mass is 35.5. The highest BCUT2D eigenvalue weighted by Crippen LogP contribution is 2.36. The molecule has 0 aromatic heterocycles. The van der Waals surface area contributed by atoms with Crippen molar-refractivity contribution in [2.75, 3.05) is 17.3 Å². The molecule has 0 aliphatic carbocycles. The number of carbonyl (C=O) groups is 2. The summed E-state index contributed by atoms with van der Waals surface area (Å²) in [6.45, 7) is 4.75. The van der Waals surface area contributed by atoms with Gasteiger partial charge in [0.25, 0.3) is 5.91 Å². The number of fused-ring (bicyclic) bond motifs is 1. The molecule has 0 unspecified atom stereocenters. The fourth-order valence-electron chi connectivity index (χ4n) is 2.83. The third kappa shape index (κ3) is 5.51. The quantitative estimate of drug-likeness (QED) is 0.679. The van der Waals surface area contributed by atoms with Crippen LogP contribution in [0.25, 0.3) is 0 Å². The van der Waals surface area contributed by atoms with Gasteiger partial charge in [-0.05, 0) is 41.8 Å². The predicted molar refractivity (Wildman–Crippen MR) is 116 cm³/mol. The summed E-state index contributed by atoms with van der Waals surface area (Å²) in [7, 11) is 0. The number of benzene rings is 2. The Morgan fingerprint density at radius 3 is 2.72 bits per heavy atom. The van der Waals surface area contributed by atoms with E-state index in [0.29, 0.717) is 41.1 Å². The van der Waals surface area contributed by atoms with Crippen LogP contribution in [0.3, 0.4) is 0 Å². The molecule has 2 aromatic carbocycles. The van der Waals surface area contributed by atoms with Crippen molar-refractivity contribution in [3.8, 4) is 0 Å². The van der Waals surface area contributed by atoms with Crippen LogP contribution in [0.4, 0.5) is 5.69 Å². The molecule has 6 nitrogen and oxygen atoms in total. The van der Waals surface area contributed by atoms with Crippen molar-refractivity contribution in [2.24, 2.45) is 11.7 Å². The normalized spacial score (nSPS) is 16.5. The summed E-state index contributed by atoms with van der Waals surface area (Å²) in [5, 5.41) is 0.629. The lowest BCUT2D eigenvalue weighted by Gasteiger charge is -2.25. The topological polar surface area (TPSA) is 84.7 Å². The summed E-state index contributed by atoms with van der Waals surface area (Å²) in [6.07, 6.45) is 0. The van der Waals surface area contributed by atoms with Crippen LogP contribution in [-0.2, 0) is 16.2 Å². The first-order valence-corrected chi connectivity index (χ1v) is 10.7. The van der Waals surface area contributed by atoms with Crippen molar-refractivity contribution in [3.05, 3.63) is 58.6 Å². The predicted octanol–water partition coefficient (Wildman–Crippen LogP) is 3.62. The van der Waals surface area contributed by atoms with Gasteiger partial charge in [-0.15, -0.1) is 11.8 Å². The number of nitrogens with one attached hydrogen (secondary N) is 1. The van der Waals surface area contributed by atoms with Crippen LogP contribution in [0.1, 0.15) is 29.8 Å². The summed E-state index contributed by atoms with van der Waals surface area (Å²) in [4.78, 5) is 33.2. The zero-order chi connectivity index (χ0) is 21.0. The van der Waals surface area contributed by atoms with Crippen molar-refractivity contribution in [3.63, 3.8) is 0 Å². The molecule has 1 aliphatic heterocycles. The van der Waals surface area contributed by atoms with E-state index in [4.69, 9.17) is 22.2 Å². The second kappa shape index (κ2) is 9.63. The maximum Gasteiger partial charge on any atom is 0.274 e. The Morgan fingerprint density at radius 1 is 1.31 bits per heavy atom. The maximum absolute atomic E-state index is 12.9. The van der Waals surface area contributed by atoms with Crippen molar-refractivity contribution in [1.82, 2.24) is 5.48 Å². The second-order valence-electron chi connectivity index (χ2n) is 7.29. The minimum atomic E-state index is -0.619. The number of anilines is 1. The molecule has 3 rings (SSSR count). The van der Waals surface area contributed by atoms with E-state index < -0.39 is 6.04 Å². The second-order valence-corrected chi connectivity index (χ2v) is 8.79. The van der Waals surface area contributed by atoms with Gasteiger partial charge in [-0.2, -0.15) is 0 Å². The summed E-state index contributed by atoms with van der Waals surface area (Å²) in [6, 6.07) is 12.0. The number of hydrogen-bond acceptors (Lipinski definition) is 5. The van der Waals surface area contributed by atoms with Crippen LogP contribution in [0, 0.1) is 5.92 Å². The molecule has 0 radical (unpaired) electrons. The Kier molecular flexibility index (Phi) is 7.18. The van der Waals surface area contributed by atoms with Gasteiger partial charge in [-0.25, -0.2) is 5.48 Å². The van der Waals surface area contributed by atoms with Gasteiger partial charge >= 0.3 is 0 Å². The maximum atomic E-state index is 12.9. The smallest absolute Gasteiger partial charge is 0.274 e. The number of halogens is 1. The van der Waals surface area contributed by atoms with E-state index in [0.717, 1.165) is 10.5 Å². The van der Waals surface area contributed by atoms with E-state index >= 15 is 0 Å². The van der Waals surface area contributed by atoms with Gasteiger partial charge in [0.05, 0.1) is 24.9 Å². The third-order valence-electron chi connectivity index (χ3n) is 4.35. The Bertz CT molecular complexity index is 889. The number of carbonyl (C=O) groups excluding carboxylic acids is 2. The molecule has 2 aromatic rings. The third-order valence-corrected chi connectivity index (χ3v) is 5.78. The minimum Gasteiger partial charge on any atom is -0.319 e. The first-order valence-electron chi connectivity index (χ1n) is 9.35. The summed E-state index contributed by atoms with van der Waals surface area (Å²) >= 11 is 7.48. The van der Waals surface area contributed by atoms with Crippen LogP contribution in [-0.4, -0.2) is 30.2 Å². The highest BCUT2D eigenvalue weighted by molar-refractivity contribution is 7.99. The van der Waals surface area contributed by atoms with Gasteiger partial charge in [0, 0.05) is 21.2 Å². The lowest BCUT2D eigenvalue weighted by atomic mass is 10.1. The number of rotatable bonds is 6. The van der Waals surface area contributed by atoms with E-state index in [9.17, 15) is 9.59 Å². The molecule has 0 saturated carbocycles. The molecule has 1 aliphatic rings. The van der Waals surface area contributed by atoms with Crippen LogP contribution >= 0.6 is 23.4 Å². The lowest BCUT2D eigenvalue weighted by molar-refractivity contribution is -0.119. The Labute approximate surface area is 179 Å². The Balaban J connectivity index is 1.89. The molecule has 3 N–H and O–H groups in total. The number of nitrogens with zero attached hydrogens (tertiary/aromatic N) is 1. The Hall–Kier alpha value is -2.06. The van der Waals surface area contributed by atoms with Gasteiger partial charge in [0.15, 0.2) is 0 Å². The molecule has 1 atom stereocenters. The molecule has 29 heavy (non-hydrogen) atoms. The van der Waals surface area contributed by atoms with Crippen LogP contribution in [0.2, 0.25) is 5.02 Å². The van der Waals surface area contributed by atoms with Crippen molar-refractivity contribution in [2.45, 2.75) is 31.3 Å². The number of nitrogens with two attached hydrogens (primary N) is 1. The minimum absolute atomic E-state index is 0.181. The molecule has 0 saturated heterocycles. The average Bonchev–Trinajstić information content (AvgIpc) is 2.81. The molecular weight excluding hydrogens is 410 g/mol. The molecule has 1 heterocycles. The molecule has 2 amide bonds. The van der Waals surface area contributed by atoms with E-state index in [1.165, 1.54) is 11.8 Å². The fraction of sp³-hybridized carbons (Fsp3) is 0.333. The monoisotopic (exact) mass is 433 g/mol. The van der Waals surface area contributed by atoms with Crippen LogP contribution in [0.15, 0.2) is 47.4 Å². The van der Waals surface area contributed by atoms with Crippen molar-refractivity contribution >= 4 is 40.9 Å². The zero-order valence-electron chi connectivity index (χ0n) is 16.4. The molecule has 154 valence electrons. The largest absolute Gasteiger partial charge is 0.319 e. The van der Waals surface area contributed by atoms with Gasteiger partial charge in [-0.1, -0.05) is 37.6 Å². The van der Waals surface area contributed by atoms with Gasteiger partial charge < -0.3 is 10.6 Å². The van der Waals surface area contributed by atoms with Crippen LogP contribution < -0.4 is 16.1 Å². The molecule has 0 fully saturated rings. The van der Waals surface area contributed by atoms with Crippen LogP contribution in [0.5, 0.6) is 0 Å². The molecule has 0 bridgehead atoms. The van der Waals surface area contributed by atoms with Gasteiger partial charge in [-0.3, -0.25) is 14.4 Å². The van der Waals surface area contributed by atoms with E-state index in [1.54, 1.807) is 29.2 Å². The molecule has 8 heteroatoms. The molecule has 0 spiro atoms. The average molecular weight is 434 g/mol.